The third-order valence-electron chi connectivity index (χ3n) is 1.05. The van der Waals surface area contributed by atoms with E-state index >= 15 is 0 Å². The molecule has 11 heavy (non-hydrogen) atoms. The lowest BCUT2D eigenvalue weighted by molar-refractivity contribution is 0.0695. The van der Waals surface area contributed by atoms with E-state index in [4.69, 9.17) is 10.8 Å². The van der Waals surface area contributed by atoms with Crippen LogP contribution >= 0.6 is 12.2 Å². The van der Waals surface area contributed by atoms with Crippen molar-refractivity contribution in [3.8, 4) is 0 Å². The Morgan fingerprint density at radius 2 is 2.45 bits per heavy atom. The van der Waals surface area contributed by atoms with E-state index in [9.17, 15) is 4.79 Å². The molecule has 0 saturated carbocycles. The number of carboxylic acid groups (broad SMARTS) is 1. The summed E-state index contributed by atoms with van der Waals surface area (Å²) in [5, 5.41) is 14.3. The number of nitrogens with one attached hydrogen (secondary N) is 1. The van der Waals surface area contributed by atoms with Crippen molar-refractivity contribution < 1.29 is 9.90 Å². The van der Waals surface area contributed by atoms with Gasteiger partial charge in [0.15, 0.2) is 0 Å². The van der Waals surface area contributed by atoms with Gasteiger partial charge in [-0.05, 0) is 6.07 Å². The number of H-pyrrole nitrogens is 1. The minimum absolute atomic E-state index is 0.0347. The fraction of sp³-hybridized carbons (Fsp3) is 0. The lowest BCUT2D eigenvalue weighted by Gasteiger charge is -1.94. The molecular formula is C5H5N3O2S. The van der Waals surface area contributed by atoms with Gasteiger partial charge in [-0.3, -0.25) is 5.10 Å². The molecule has 6 heteroatoms. The lowest BCUT2D eigenvalue weighted by Crippen LogP contribution is -2.02. The van der Waals surface area contributed by atoms with E-state index in [1.807, 2.05) is 0 Å². The van der Waals surface area contributed by atoms with Gasteiger partial charge >= 0.3 is 5.97 Å². The van der Waals surface area contributed by atoms with Gasteiger partial charge in [0.2, 0.25) is 0 Å². The predicted molar refractivity (Wildman–Crippen MR) is 40.8 cm³/mol. The van der Waals surface area contributed by atoms with Gasteiger partial charge in [-0.2, -0.15) is 5.10 Å². The summed E-state index contributed by atoms with van der Waals surface area (Å²) in [5.74, 6) is -1.00. The molecule has 0 fully saturated rings. The van der Waals surface area contributed by atoms with E-state index in [1.54, 1.807) is 0 Å². The van der Waals surface area contributed by atoms with Crippen molar-refractivity contribution in [3.63, 3.8) is 0 Å². The third-order valence-corrected chi connectivity index (χ3v) is 1.37. The van der Waals surface area contributed by atoms with Crippen molar-refractivity contribution in [2.45, 2.75) is 0 Å². The van der Waals surface area contributed by atoms with Crippen molar-refractivity contribution in [3.05, 3.63) is 16.3 Å². The molecular weight excluding hydrogens is 166 g/mol. The van der Waals surface area contributed by atoms with Crippen LogP contribution in [0.4, 0.5) is 5.82 Å². The Bertz CT molecular complexity index is 346. The standard InChI is InChI=1S/C5H5N3O2S/c6-3-1-2(5(9)10)4(11)8-7-3/h1H,(H2,6,7)(H,8,11)(H,9,10). The number of carboxylic acids is 1. The highest BCUT2D eigenvalue weighted by Crippen LogP contribution is 2.02. The molecule has 1 aromatic heterocycles. The number of hydrogen-bond acceptors (Lipinski definition) is 4. The van der Waals surface area contributed by atoms with Crippen LogP contribution in [-0.2, 0) is 0 Å². The summed E-state index contributed by atoms with van der Waals surface area (Å²) in [6, 6.07) is 1.21. The average molecular weight is 171 g/mol. The van der Waals surface area contributed by atoms with E-state index in [-0.39, 0.29) is 16.0 Å². The molecule has 0 bridgehead atoms. The second-order valence-electron chi connectivity index (χ2n) is 1.84. The fourth-order valence-corrected chi connectivity index (χ4v) is 0.772. The molecule has 0 unspecified atom stereocenters. The molecule has 0 saturated heterocycles. The molecule has 5 nitrogen and oxygen atoms in total. The molecule has 0 aliphatic heterocycles. The number of aromatic carboxylic acids is 1. The zero-order valence-corrected chi connectivity index (χ0v) is 6.18. The Morgan fingerprint density at radius 3 is 2.91 bits per heavy atom. The van der Waals surface area contributed by atoms with E-state index in [0.717, 1.165) is 0 Å². The minimum Gasteiger partial charge on any atom is -0.478 e. The van der Waals surface area contributed by atoms with E-state index in [1.165, 1.54) is 6.07 Å². The predicted octanol–water partition coefficient (Wildman–Crippen LogP) is 0.420. The van der Waals surface area contributed by atoms with Gasteiger partial charge in [-0.1, -0.05) is 12.2 Å². The van der Waals surface area contributed by atoms with Crippen molar-refractivity contribution in [2.75, 3.05) is 5.73 Å². The molecule has 0 aromatic carbocycles. The SMILES string of the molecule is Nc1cc(C(=O)O)c(=S)[nH]n1. The van der Waals surface area contributed by atoms with E-state index in [0.29, 0.717) is 0 Å². The van der Waals surface area contributed by atoms with Crippen molar-refractivity contribution in [1.29, 1.82) is 0 Å². The van der Waals surface area contributed by atoms with Gasteiger partial charge in [-0.25, -0.2) is 4.79 Å². The molecule has 0 atom stereocenters. The zero-order chi connectivity index (χ0) is 8.43. The van der Waals surface area contributed by atoms with Gasteiger partial charge < -0.3 is 10.8 Å². The Morgan fingerprint density at radius 1 is 1.82 bits per heavy atom. The summed E-state index contributed by atoms with van der Waals surface area (Å²) >= 11 is 4.63. The van der Waals surface area contributed by atoms with E-state index < -0.39 is 5.97 Å². The Balaban J connectivity index is 3.35. The Kier molecular flexibility index (Phi) is 1.86. The summed E-state index contributed by atoms with van der Waals surface area (Å²) in [4.78, 5) is 10.4. The van der Waals surface area contributed by atoms with Gasteiger partial charge in [0, 0.05) is 0 Å². The van der Waals surface area contributed by atoms with Crippen LogP contribution in [0.3, 0.4) is 0 Å². The second kappa shape index (κ2) is 2.67. The van der Waals surface area contributed by atoms with Crippen LogP contribution in [0, 0.1) is 4.64 Å². The molecule has 1 aromatic rings. The lowest BCUT2D eigenvalue weighted by atomic mass is 10.3. The van der Waals surface area contributed by atoms with Gasteiger partial charge in [0.25, 0.3) is 0 Å². The molecule has 0 aliphatic rings. The maximum atomic E-state index is 10.4. The number of rotatable bonds is 1. The summed E-state index contributed by atoms with van der Waals surface area (Å²) < 4.78 is 0.0756. The number of anilines is 1. The quantitative estimate of drug-likeness (QED) is 0.532. The van der Waals surface area contributed by atoms with Gasteiger partial charge in [0.05, 0.1) is 5.56 Å². The normalized spacial score (nSPS) is 9.45. The first-order valence-corrected chi connectivity index (χ1v) is 3.10. The monoisotopic (exact) mass is 171 g/mol. The minimum atomic E-state index is -1.11. The van der Waals surface area contributed by atoms with Gasteiger partial charge in [-0.15, -0.1) is 0 Å². The number of aromatic nitrogens is 2. The zero-order valence-electron chi connectivity index (χ0n) is 5.37. The Labute approximate surface area is 66.9 Å². The molecule has 0 aliphatic carbocycles. The molecule has 1 rings (SSSR count). The molecule has 0 spiro atoms. The van der Waals surface area contributed by atoms with Crippen LogP contribution in [0.2, 0.25) is 0 Å². The van der Waals surface area contributed by atoms with Crippen LogP contribution in [0.25, 0.3) is 0 Å². The fourth-order valence-electron chi connectivity index (χ4n) is 0.580. The summed E-state index contributed by atoms with van der Waals surface area (Å²) in [5.41, 5.74) is 5.18. The van der Waals surface area contributed by atoms with Crippen molar-refractivity contribution in [1.82, 2.24) is 10.2 Å². The van der Waals surface area contributed by atoms with Crippen molar-refractivity contribution >= 4 is 24.0 Å². The average Bonchev–Trinajstić information content (AvgIpc) is 1.94. The Hall–Kier alpha value is -1.43. The summed E-state index contributed by atoms with van der Waals surface area (Å²) in [7, 11) is 0. The van der Waals surface area contributed by atoms with Crippen LogP contribution in [0.15, 0.2) is 6.07 Å². The maximum absolute atomic E-state index is 10.4. The number of aromatic amines is 1. The van der Waals surface area contributed by atoms with E-state index in [2.05, 4.69) is 22.4 Å². The van der Waals surface area contributed by atoms with Gasteiger partial charge in [0.1, 0.15) is 10.5 Å². The van der Waals surface area contributed by atoms with Crippen LogP contribution in [-0.4, -0.2) is 21.3 Å². The first kappa shape index (κ1) is 7.67. The maximum Gasteiger partial charge on any atom is 0.338 e. The first-order chi connectivity index (χ1) is 5.11. The van der Waals surface area contributed by atoms with Crippen LogP contribution < -0.4 is 5.73 Å². The highest BCUT2D eigenvalue weighted by Gasteiger charge is 2.05. The molecule has 58 valence electrons. The number of carbonyl (C=O) groups is 1. The number of nitrogen functional groups attached to an aromatic ring is 1. The third kappa shape index (κ3) is 1.53. The summed E-state index contributed by atoms with van der Waals surface area (Å²) in [6.07, 6.45) is 0. The largest absolute Gasteiger partial charge is 0.478 e. The highest BCUT2D eigenvalue weighted by molar-refractivity contribution is 7.71. The molecule has 1 heterocycles. The molecule has 4 N–H and O–H groups in total. The van der Waals surface area contributed by atoms with Crippen LogP contribution in [0.5, 0.6) is 0 Å². The number of nitrogens with two attached hydrogens (primary N) is 1. The molecule has 0 amide bonds. The highest BCUT2D eigenvalue weighted by atomic mass is 32.1. The summed E-state index contributed by atoms with van der Waals surface area (Å²) in [6.45, 7) is 0. The first-order valence-electron chi connectivity index (χ1n) is 2.70. The second-order valence-corrected chi connectivity index (χ2v) is 2.25. The van der Waals surface area contributed by atoms with Crippen LogP contribution in [0.1, 0.15) is 10.4 Å². The smallest absolute Gasteiger partial charge is 0.338 e. The number of hydrogen-bond donors (Lipinski definition) is 3. The van der Waals surface area contributed by atoms with Crippen molar-refractivity contribution in [2.24, 2.45) is 0 Å². The number of nitrogens with zero attached hydrogens (tertiary/aromatic N) is 1. The topological polar surface area (TPSA) is 92.0 Å². The molecule has 0 radical (unpaired) electrons.